The summed E-state index contributed by atoms with van der Waals surface area (Å²) in [6, 6.07) is 5.54. The zero-order valence-electron chi connectivity index (χ0n) is 9.81. The zero-order chi connectivity index (χ0) is 13.1. The summed E-state index contributed by atoms with van der Waals surface area (Å²) in [5.41, 5.74) is 0.949. The number of halogens is 1. The van der Waals surface area contributed by atoms with E-state index in [0.717, 1.165) is 10.2 Å². The van der Waals surface area contributed by atoms with Gasteiger partial charge >= 0.3 is 0 Å². The van der Waals surface area contributed by atoms with Gasteiger partial charge in [0.1, 0.15) is 0 Å². The highest BCUT2D eigenvalue weighted by Crippen LogP contribution is 2.21. The molecule has 2 rings (SSSR count). The third-order valence-corrected chi connectivity index (χ3v) is 3.69. The van der Waals surface area contributed by atoms with Crippen LogP contribution in [0.4, 0.5) is 0 Å². The number of carbonyl (C=O) groups excluding carboxylic acids is 1. The Morgan fingerprint density at radius 1 is 1.61 bits per heavy atom. The molecule has 2 aromatic rings. The van der Waals surface area contributed by atoms with Crippen LogP contribution in [0, 0.1) is 12.3 Å². The van der Waals surface area contributed by atoms with E-state index in [2.05, 4.69) is 10.9 Å². The van der Waals surface area contributed by atoms with Gasteiger partial charge in [0.15, 0.2) is 4.80 Å². The van der Waals surface area contributed by atoms with Crippen LogP contribution in [0.1, 0.15) is 13.3 Å². The summed E-state index contributed by atoms with van der Waals surface area (Å²) in [4.78, 5) is 16.1. The fourth-order valence-corrected chi connectivity index (χ4v) is 2.88. The zero-order valence-corrected chi connectivity index (χ0v) is 11.4. The molecule has 1 aromatic heterocycles. The molecule has 0 aliphatic rings. The Labute approximate surface area is 114 Å². The highest BCUT2D eigenvalue weighted by molar-refractivity contribution is 7.16. The molecule has 18 heavy (non-hydrogen) atoms. The minimum Gasteiger partial charge on any atom is -0.305 e. The van der Waals surface area contributed by atoms with Crippen molar-refractivity contribution in [2.24, 2.45) is 4.99 Å². The Bertz CT molecular complexity index is 706. The Kier molecular flexibility index (Phi) is 3.85. The Morgan fingerprint density at radius 2 is 2.39 bits per heavy atom. The lowest BCUT2D eigenvalue weighted by Gasteiger charge is -1.99. The van der Waals surface area contributed by atoms with E-state index < -0.39 is 0 Å². The number of thiazole rings is 1. The minimum atomic E-state index is -0.154. The van der Waals surface area contributed by atoms with Crippen molar-refractivity contribution in [1.29, 1.82) is 0 Å². The van der Waals surface area contributed by atoms with Gasteiger partial charge < -0.3 is 4.57 Å². The van der Waals surface area contributed by atoms with E-state index in [-0.39, 0.29) is 5.91 Å². The molecule has 92 valence electrons. The van der Waals surface area contributed by atoms with Crippen LogP contribution in [-0.2, 0) is 11.3 Å². The summed E-state index contributed by atoms with van der Waals surface area (Å²) >= 11 is 7.37. The number of carbonyl (C=O) groups is 1. The molecule has 1 amide bonds. The fourth-order valence-electron chi connectivity index (χ4n) is 1.56. The number of hydrogen-bond donors (Lipinski definition) is 0. The maximum Gasteiger partial charge on any atom is 0.248 e. The standard InChI is InChI=1S/C13H11ClN2OS/c1-3-7-16-10-6-5-9(14)8-11(10)18-13(16)15-12(17)4-2/h1,5-6,8H,4,7H2,2H3. The lowest BCUT2D eigenvalue weighted by molar-refractivity contribution is -0.117. The van der Waals surface area contributed by atoms with Crippen LogP contribution >= 0.6 is 22.9 Å². The second kappa shape index (κ2) is 5.38. The predicted molar refractivity (Wildman–Crippen MR) is 74.5 cm³/mol. The van der Waals surface area contributed by atoms with Crippen molar-refractivity contribution in [2.45, 2.75) is 19.9 Å². The van der Waals surface area contributed by atoms with Crippen molar-refractivity contribution in [3.8, 4) is 12.3 Å². The molecule has 0 aliphatic carbocycles. The highest BCUT2D eigenvalue weighted by atomic mass is 35.5. The first-order valence-corrected chi connectivity index (χ1v) is 6.65. The number of rotatable bonds is 2. The number of amides is 1. The molecule has 1 heterocycles. The van der Waals surface area contributed by atoms with Crippen molar-refractivity contribution in [2.75, 3.05) is 0 Å². The van der Waals surface area contributed by atoms with Gasteiger partial charge in [-0.1, -0.05) is 35.8 Å². The van der Waals surface area contributed by atoms with Crippen molar-refractivity contribution < 1.29 is 4.79 Å². The lowest BCUT2D eigenvalue weighted by atomic mass is 10.3. The van der Waals surface area contributed by atoms with E-state index in [1.807, 2.05) is 16.7 Å². The van der Waals surface area contributed by atoms with Gasteiger partial charge in [0, 0.05) is 11.4 Å². The molecule has 1 aromatic carbocycles. The van der Waals surface area contributed by atoms with Crippen molar-refractivity contribution in [1.82, 2.24) is 4.57 Å². The molecule has 0 bridgehead atoms. The first-order valence-electron chi connectivity index (χ1n) is 5.45. The van der Waals surface area contributed by atoms with Crippen LogP contribution in [0.25, 0.3) is 10.2 Å². The van der Waals surface area contributed by atoms with E-state index in [4.69, 9.17) is 18.0 Å². The van der Waals surface area contributed by atoms with Gasteiger partial charge in [-0.25, -0.2) is 0 Å². The van der Waals surface area contributed by atoms with E-state index >= 15 is 0 Å². The molecular formula is C13H11ClN2OS. The summed E-state index contributed by atoms with van der Waals surface area (Å²) < 4.78 is 2.82. The second-order valence-electron chi connectivity index (χ2n) is 3.65. The molecule has 0 saturated heterocycles. The van der Waals surface area contributed by atoms with E-state index in [0.29, 0.717) is 22.8 Å². The summed E-state index contributed by atoms with van der Waals surface area (Å²) in [7, 11) is 0. The van der Waals surface area contributed by atoms with E-state index in [1.54, 1.807) is 13.0 Å². The SMILES string of the molecule is C#CCn1c(=NC(=O)CC)sc2cc(Cl)ccc21. The summed E-state index contributed by atoms with van der Waals surface area (Å²) in [5, 5.41) is 0.657. The first-order chi connectivity index (χ1) is 8.65. The fraction of sp³-hybridized carbons (Fsp3) is 0.231. The van der Waals surface area contributed by atoms with Crippen LogP contribution in [0.5, 0.6) is 0 Å². The van der Waals surface area contributed by atoms with Gasteiger partial charge in [-0.2, -0.15) is 4.99 Å². The number of fused-ring (bicyclic) bond motifs is 1. The van der Waals surface area contributed by atoms with Crippen LogP contribution in [-0.4, -0.2) is 10.5 Å². The van der Waals surface area contributed by atoms with Crippen LogP contribution in [0.15, 0.2) is 23.2 Å². The molecule has 0 N–H and O–H groups in total. The summed E-state index contributed by atoms with van der Waals surface area (Å²) in [6.45, 7) is 2.17. The maximum atomic E-state index is 11.4. The van der Waals surface area contributed by atoms with Gasteiger partial charge in [0.2, 0.25) is 5.91 Å². The van der Waals surface area contributed by atoms with Crippen molar-refractivity contribution in [3.05, 3.63) is 28.0 Å². The Hall–Kier alpha value is -1.57. The predicted octanol–water partition coefficient (Wildman–Crippen LogP) is 2.83. The molecule has 3 nitrogen and oxygen atoms in total. The van der Waals surface area contributed by atoms with Gasteiger partial charge in [-0.05, 0) is 18.2 Å². The molecule has 0 saturated carbocycles. The number of hydrogen-bond acceptors (Lipinski definition) is 2. The third-order valence-electron chi connectivity index (χ3n) is 2.42. The van der Waals surface area contributed by atoms with Gasteiger partial charge in [-0.3, -0.25) is 4.79 Å². The smallest absolute Gasteiger partial charge is 0.248 e. The van der Waals surface area contributed by atoms with Crippen LogP contribution in [0.3, 0.4) is 0 Å². The number of nitrogens with zero attached hydrogens (tertiary/aromatic N) is 2. The van der Waals surface area contributed by atoms with Gasteiger partial charge in [-0.15, -0.1) is 6.42 Å². The normalized spacial score (nSPS) is 11.7. The van der Waals surface area contributed by atoms with Gasteiger partial charge in [0.25, 0.3) is 0 Å². The van der Waals surface area contributed by atoms with Crippen molar-refractivity contribution in [3.63, 3.8) is 0 Å². The molecule has 0 atom stereocenters. The quantitative estimate of drug-likeness (QED) is 0.778. The van der Waals surface area contributed by atoms with Crippen LogP contribution in [0.2, 0.25) is 5.02 Å². The molecule has 0 unspecified atom stereocenters. The molecule has 5 heteroatoms. The molecule has 0 aliphatic heterocycles. The van der Waals surface area contributed by atoms with E-state index in [1.165, 1.54) is 11.3 Å². The van der Waals surface area contributed by atoms with Crippen LogP contribution < -0.4 is 4.80 Å². The summed E-state index contributed by atoms with van der Waals surface area (Å²) in [6.07, 6.45) is 5.73. The molecule has 0 spiro atoms. The highest BCUT2D eigenvalue weighted by Gasteiger charge is 2.06. The Balaban J connectivity index is 2.73. The average molecular weight is 279 g/mol. The second-order valence-corrected chi connectivity index (χ2v) is 5.09. The average Bonchev–Trinajstić information content (AvgIpc) is 2.67. The van der Waals surface area contributed by atoms with Gasteiger partial charge in [0.05, 0.1) is 16.8 Å². The number of benzene rings is 1. The topological polar surface area (TPSA) is 34.4 Å². The molecule has 0 radical (unpaired) electrons. The largest absolute Gasteiger partial charge is 0.305 e. The monoisotopic (exact) mass is 278 g/mol. The molecular weight excluding hydrogens is 268 g/mol. The van der Waals surface area contributed by atoms with E-state index in [9.17, 15) is 4.79 Å². The van der Waals surface area contributed by atoms with Crippen molar-refractivity contribution >= 4 is 39.1 Å². The minimum absolute atomic E-state index is 0.154. The number of terminal acetylenes is 1. The Morgan fingerprint density at radius 3 is 3.06 bits per heavy atom. The lowest BCUT2D eigenvalue weighted by Crippen LogP contribution is -2.16. The third kappa shape index (κ3) is 2.47. The number of aromatic nitrogens is 1. The first kappa shape index (κ1) is 12.9. The summed E-state index contributed by atoms with van der Waals surface area (Å²) in [5.74, 6) is 2.42. The maximum absolute atomic E-state index is 11.4. The molecule has 0 fully saturated rings.